The number of nitrogens with one attached hydrogen (secondary N) is 1. The molecule has 1 atom stereocenters. The lowest BCUT2D eigenvalue weighted by atomic mass is 10.0. The fraction of sp³-hybridized carbons (Fsp3) is 0.278. The van der Waals surface area contributed by atoms with Gasteiger partial charge in [-0.2, -0.15) is 0 Å². The van der Waals surface area contributed by atoms with Crippen LogP contribution >= 0.6 is 0 Å². The summed E-state index contributed by atoms with van der Waals surface area (Å²) >= 11 is 0. The summed E-state index contributed by atoms with van der Waals surface area (Å²) in [6.45, 7) is 6.18. The molecule has 0 heterocycles. The summed E-state index contributed by atoms with van der Waals surface area (Å²) in [6, 6.07) is 15.9. The standard InChI is InChI=1S/C18H21NO/c1-4-15-9-11-16(12-10-15)18(20)19-14(3)17-8-6-5-7-13(17)2/h5-12,14H,4H2,1-3H3,(H,19,20). The number of benzene rings is 2. The summed E-state index contributed by atoms with van der Waals surface area (Å²) in [5, 5.41) is 3.05. The maximum Gasteiger partial charge on any atom is 0.251 e. The van der Waals surface area contributed by atoms with Crippen molar-refractivity contribution >= 4 is 5.91 Å². The lowest BCUT2D eigenvalue weighted by Crippen LogP contribution is -2.27. The van der Waals surface area contributed by atoms with Crippen LogP contribution in [0, 0.1) is 6.92 Å². The van der Waals surface area contributed by atoms with Gasteiger partial charge in [0.2, 0.25) is 0 Å². The molecule has 0 radical (unpaired) electrons. The Balaban J connectivity index is 2.09. The van der Waals surface area contributed by atoms with E-state index >= 15 is 0 Å². The van der Waals surface area contributed by atoms with E-state index in [9.17, 15) is 4.79 Å². The van der Waals surface area contributed by atoms with E-state index in [0.717, 1.165) is 12.0 Å². The molecule has 2 aromatic rings. The van der Waals surface area contributed by atoms with Crippen molar-refractivity contribution in [2.75, 3.05) is 0 Å². The van der Waals surface area contributed by atoms with Gasteiger partial charge >= 0.3 is 0 Å². The number of hydrogen-bond donors (Lipinski definition) is 1. The van der Waals surface area contributed by atoms with Gasteiger partial charge in [-0.3, -0.25) is 4.79 Å². The van der Waals surface area contributed by atoms with Crippen LogP contribution < -0.4 is 5.32 Å². The van der Waals surface area contributed by atoms with Crippen LogP contribution in [0.25, 0.3) is 0 Å². The molecule has 0 saturated heterocycles. The lowest BCUT2D eigenvalue weighted by molar-refractivity contribution is 0.0940. The molecule has 0 aliphatic carbocycles. The maximum absolute atomic E-state index is 12.2. The van der Waals surface area contributed by atoms with Crippen molar-refractivity contribution in [2.24, 2.45) is 0 Å². The van der Waals surface area contributed by atoms with Crippen molar-refractivity contribution in [3.63, 3.8) is 0 Å². The molecular weight excluding hydrogens is 246 g/mol. The SMILES string of the molecule is CCc1ccc(C(=O)NC(C)c2ccccc2C)cc1. The summed E-state index contributed by atoms with van der Waals surface area (Å²) in [4.78, 5) is 12.2. The quantitative estimate of drug-likeness (QED) is 0.889. The third-order valence-corrected chi connectivity index (χ3v) is 3.63. The van der Waals surface area contributed by atoms with Crippen LogP contribution in [-0.4, -0.2) is 5.91 Å². The summed E-state index contributed by atoms with van der Waals surface area (Å²) in [6.07, 6.45) is 0.988. The molecule has 2 heteroatoms. The van der Waals surface area contributed by atoms with E-state index in [0.29, 0.717) is 5.56 Å². The fourth-order valence-corrected chi connectivity index (χ4v) is 2.32. The van der Waals surface area contributed by atoms with Crippen LogP contribution in [0.1, 0.15) is 46.9 Å². The zero-order valence-electron chi connectivity index (χ0n) is 12.3. The van der Waals surface area contributed by atoms with Crippen LogP contribution in [0.4, 0.5) is 0 Å². The zero-order chi connectivity index (χ0) is 14.5. The highest BCUT2D eigenvalue weighted by Crippen LogP contribution is 2.17. The van der Waals surface area contributed by atoms with E-state index in [1.807, 2.05) is 43.3 Å². The van der Waals surface area contributed by atoms with E-state index < -0.39 is 0 Å². The van der Waals surface area contributed by atoms with Gasteiger partial charge in [-0.15, -0.1) is 0 Å². The van der Waals surface area contributed by atoms with E-state index in [2.05, 4.69) is 31.3 Å². The third kappa shape index (κ3) is 3.27. The van der Waals surface area contributed by atoms with Crippen molar-refractivity contribution in [1.29, 1.82) is 0 Å². The largest absolute Gasteiger partial charge is 0.346 e. The Bertz CT molecular complexity index is 587. The molecule has 104 valence electrons. The highest BCUT2D eigenvalue weighted by atomic mass is 16.1. The molecule has 0 aliphatic heterocycles. The second kappa shape index (κ2) is 6.38. The molecule has 0 aliphatic rings. The normalized spacial score (nSPS) is 11.9. The lowest BCUT2D eigenvalue weighted by Gasteiger charge is -2.16. The van der Waals surface area contributed by atoms with Crippen molar-refractivity contribution in [3.05, 3.63) is 70.8 Å². The summed E-state index contributed by atoms with van der Waals surface area (Å²) in [5.41, 5.74) is 4.31. The molecular formula is C18H21NO. The minimum atomic E-state index is -0.0246. The Morgan fingerprint density at radius 3 is 2.35 bits per heavy atom. The first-order chi connectivity index (χ1) is 9.61. The van der Waals surface area contributed by atoms with Crippen LogP contribution in [-0.2, 0) is 6.42 Å². The Hall–Kier alpha value is -2.09. The van der Waals surface area contributed by atoms with Crippen molar-refractivity contribution in [3.8, 4) is 0 Å². The first kappa shape index (κ1) is 14.3. The predicted molar refractivity (Wildman–Crippen MR) is 82.9 cm³/mol. The zero-order valence-corrected chi connectivity index (χ0v) is 12.3. The average molecular weight is 267 g/mol. The molecule has 0 aromatic heterocycles. The fourth-order valence-electron chi connectivity index (χ4n) is 2.32. The van der Waals surface area contributed by atoms with Gasteiger partial charge in [0, 0.05) is 5.56 Å². The molecule has 20 heavy (non-hydrogen) atoms. The number of aryl methyl sites for hydroxylation is 2. The third-order valence-electron chi connectivity index (χ3n) is 3.63. The van der Waals surface area contributed by atoms with E-state index in [4.69, 9.17) is 0 Å². The number of carbonyl (C=O) groups is 1. The van der Waals surface area contributed by atoms with Gasteiger partial charge in [-0.25, -0.2) is 0 Å². The molecule has 1 unspecified atom stereocenters. The van der Waals surface area contributed by atoms with Crippen molar-refractivity contribution in [1.82, 2.24) is 5.32 Å². The Morgan fingerprint density at radius 1 is 1.10 bits per heavy atom. The van der Waals surface area contributed by atoms with E-state index in [-0.39, 0.29) is 11.9 Å². The highest BCUT2D eigenvalue weighted by Gasteiger charge is 2.12. The van der Waals surface area contributed by atoms with Gasteiger partial charge in [0.05, 0.1) is 6.04 Å². The molecule has 0 bridgehead atoms. The van der Waals surface area contributed by atoms with Gasteiger partial charge in [-0.1, -0.05) is 43.3 Å². The monoisotopic (exact) mass is 267 g/mol. The molecule has 2 rings (SSSR count). The Labute approximate surface area is 120 Å². The summed E-state index contributed by atoms with van der Waals surface area (Å²) in [7, 11) is 0. The van der Waals surface area contributed by atoms with Crippen LogP contribution in [0.5, 0.6) is 0 Å². The highest BCUT2D eigenvalue weighted by molar-refractivity contribution is 5.94. The van der Waals surface area contributed by atoms with Gasteiger partial charge in [0.25, 0.3) is 5.91 Å². The van der Waals surface area contributed by atoms with Gasteiger partial charge < -0.3 is 5.32 Å². The smallest absolute Gasteiger partial charge is 0.251 e. The van der Waals surface area contributed by atoms with E-state index in [1.165, 1.54) is 11.1 Å². The molecule has 2 nitrogen and oxygen atoms in total. The van der Waals surface area contributed by atoms with E-state index in [1.54, 1.807) is 0 Å². The van der Waals surface area contributed by atoms with Gasteiger partial charge in [0.15, 0.2) is 0 Å². The molecule has 1 amide bonds. The first-order valence-electron chi connectivity index (χ1n) is 7.07. The summed E-state index contributed by atoms with van der Waals surface area (Å²) in [5.74, 6) is -0.0246. The number of hydrogen-bond acceptors (Lipinski definition) is 1. The molecule has 2 aromatic carbocycles. The Kier molecular flexibility index (Phi) is 4.57. The molecule has 0 saturated carbocycles. The van der Waals surface area contributed by atoms with Crippen LogP contribution in [0.15, 0.2) is 48.5 Å². The first-order valence-corrected chi connectivity index (χ1v) is 7.07. The Morgan fingerprint density at radius 2 is 1.75 bits per heavy atom. The van der Waals surface area contributed by atoms with Crippen molar-refractivity contribution in [2.45, 2.75) is 33.2 Å². The maximum atomic E-state index is 12.2. The van der Waals surface area contributed by atoms with Crippen LogP contribution in [0.3, 0.4) is 0 Å². The average Bonchev–Trinajstić information content (AvgIpc) is 2.47. The second-order valence-corrected chi connectivity index (χ2v) is 5.10. The topological polar surface area (TPSA) is 29.1 Å². The van der Waals surface area contributed by atoms with Gasteiger partial charge in [-0.05, 0) is 49.1 Å². The molecule has 1 N–H and O–H groups in total. The molecule has 0 spiro atoms. The van der Waals surface area contributed by atoms with Gasteiger partial charge in [0.1, 0.15) is 0 Å². The predicted octanol–water partition coefficient (Wildman–Crippen LogP) is 4.05. The number of amides is 1. The molecule has 0 fully saturated rings. The minimum Gasteiger partial charge on any atom is -0.346 e. The summed E-state index contributed by atoms with van der Waals surface area (Å²) < 4.78 is 0. The number of rotatable bonds is 4. The minimum absolute atomic E-state index is 0.00884. The van der Waals surface area contributed by atoms with Crippen LogP contribution in [0.2, 0.25) is 0 Å². The van der Waals surface area contributed by atoms with Crippen molar-refractivity contribution < 1.29 is 4.79 Å². The second-order valence-electron chi connectivity index (χ2n) is 5.10. The number of carbonyl (C=O) groups excluding carboxylic acids is 1.